The SMILES string of the molecule is CCCc1nc(CCC)c(CNCCOC)s1. The molecule has 0 unspecified atom stereocenters. The maximum Gasteiger partial charge on any atom is 0.0931 e. The summed E-state index contributed by atoms with van der Waals surface area (Å²) in [5.41, 5.74) is 1.30. The van der Waals surface area contributed by atoms with E-state index in [2.05, 4.69) is 19.2 Å². The number of aryl methyl sites for hydroxylation is 2. The molecule has 1 heterocycles. The number of thiazole rings is 1. The Morgan fingerprint density at radius 1 is 1.24 bits per heavy atom. The molecule has 1 N–H and O–H groups in total. The second kappa shape index (κ2) is 8.61. The molecule has 0 aromatic carbocycles. The fraction of sp³-hybridized carbons (Fsp3) is 0.769. The van der Waals surface area contributed by atoms with Gasteiger partial charge >= 0.3 is 0 Å². The van der Waals surface area contributed by atoms with E-state index in [1.54, 1.807) is 7.11 Å². The van der Waals surface area contributed by atoms with Crippen LogP contribution < -0.4 is 5.32 Å². The molecule has 98 valence electrons. The number of methoxy groups -OCH3 is 1. The zero-order chi connectivity index (χ0) is 12.5. The smallest absolute Gasteiger partial charge is 0.0931 e. The van der Waals surface area contributed by atoms with Crippen molar-refractivity contribution in [2.24, 2.45) is 0 Å². The van der Waals surface area contributed by atoms with E-state index in [0.29, 0.717) is 0 Å². The lowest BCUT2D eigenvalue weighted by atomic mass is 10.2. The molecule has 1 aromatic rings. The Balaban J connectivity index is 2.54. The van der Waals surface area contributed by atoms with Crippen LogP contribution >= 0.6 is 11.3 Å². The van der Waals surface area contributed by atoms with Crippen molar-refractivity contribution in [1.82, 2.24) is 10.3 Å². The molecule has 1 rings (SSSR count). The maximum absolute atomic E-state index is 5.03. The van der Waals surface area contributed by atoms with E-state index in [9.17, 15) is 0 Å². The first kappa shape index (κ1) is 14.6. The van der Waals surface area contributed by atoms with Gasteiger partial charge in [-0.1, -0.05) is 20.3 Å². The van der Waals surface area contributed by atoms with Crippen LogP contribution in [0.5, 0.6) is 0 Å². The lowest BCUT2D eigenvalue weighted by Gasteiger charge is -2.03. The Morgan fingerprint density at radius 2 is 2.00 bits per heavy atom. The Kier molecular flexibility index (Phi) is 7.40. The standard InChI is InChI=1S/C13H24N2OS/c1-4-6-11-12(10-14-8-9-16-3)17-13(15-11)7-5-2/h14H,4-10H2,1-3H3. The molecule has 0 aliphatic rings. The van der Waals surface area contributed by atoms with Crippen molar-refractivity contribution in [3.63, 3.8) is 0 Å². The van der Waals surface area contributed by atoms with Crippen LogP contribution in [-0.4, -0.2) is 25.2 Å². The third kappa shape index (κ3) is 5.15. The number of hydrogen-bond acceptors (Lipinski definition) is 4. The van der Waals surface area contributed by atoms with Crippen molar-refractivity contribution in [1.29, 1.82) is 0 Å². The van der Waals surface area contributed by atoms with Gasteiger partial charge in [0.2, 0.25) is 0 Å². The number of nitrogens with one attached hydrogen (secondary N) is 1. The van der Waals surface area contributed by atoms with Crippen LogP contribution in [0.2, 0.25) is 0 Å². The molecular weight excluding hydrogens is 232 g/mol. The van der Waals surface area contributed by atoms with Gasteiger partial charge in [-0.05, 0) is 19.3 Å². The third-order valence-electron chi connectivity index (χ3n) is 2.54. The van der Waals surface area contributed by atoms with Gasteiger partial charge in [-0.25, -0.2) is 4.98 Å². The molecule has 17 heavy (non-hydrogen) atoms. The summed E-state index contributed by atoms with van der Waals surface area (Å²) in [6.07, 6.45) is 4.55. The second-order valence-corrected chi connectivity index (χ2v) is 5.32. The van der Waals surface area contributed by atoms with Crippen LogP contribution in [0.15, 0.2) is 0 Å². The van der Waals surface area contributed by atoms with Crippen LogP contribution in [0, 0.1) is 0 Å². The molecule has 3 nitrogen and oxygen atoms in total. The van der Waals surface area contributed by atoms with Crippen LogP contribution in [0.3, 0.4) is 0 Å². The lowest BCUT2D eigenvalue weighted by molar-refractivity contribution is 0.199. The number of ether oxygens (including phenoxy) is 1. The van der Waals surface area contributed by atoms with Crippen molar-refractivity contribution < 1.29 is 4.74 Å². The molecule has 0 saturated carbocycles. The molecule has 1 aromatic heterocycles. The maximum atomic E-state index is 5.03. The number of nitrogens with zero attached hydrogens (tertiary/aromatic N) is 1. The van der Waals surface area contributed by atoms with Gasteiger partial charge in [-0.2, -0.15) is 0 Å². The summed E-state index contributed by atoms with van der Waals surface area (Å²) in [6.45, 7) is 7.02. The van der Waals surface area contributed by atoms with E-state index >= 15 is 0 Å². The first-order valence-electron chi connectivity index (χ1n) is 6.48. The minimum atomic E-state index is 0.768. The summed E-state index contributed by atoms with van der Waals surface area (Å²) in [5.74, 6) is 0. The van der Waals surface area contributed by atoms with E-state index in [1.807, 2.05) is 11.3 Å². The molecule has 0 spiro atoms. The lowest BCUT2D eigenvalue weighted by Crippen LogP contribution is -2.18. The Labute approximate surface area is 109 Å². The van der Waals surface area contributed by atoms with Gasteiger partial charge in [-0.3, -0.25) is 0 Å². The minimum Gasteiger partial charge on any atom is -0.383 e. The van der Waals surface area contributed by atoms with Crippen molar-refractivity contribution >= 4 is 11.3 Å². The van der Waals surface area contributed by atoms with Crippen LogP contribution in [0.1, 0.15) is 42.3 Å². The quantitative estimate of drug-likeness (QED) is 0.690. The first-order valence-corrected chi connectivity index (χ1v) is 7.30. The summed E-state index contributed by atoms with van der Waals surface area (Å²) in [5, 5.41) is 4.69. The molecule has 0 saturated heterocycles. The minimum absolute atomic E-state index is 0.768. The monoisotopic (exact) mass is 256 g/mol. The first-order chi connectivity index (χ1) is 8.31. The third-order valence-corrected chi connectivity index (χ3v) is 3.70. The number of aromatic nitrogens is 1. The summed E-state index contributed by atoms with van der Waals surface area (Å²) >= 11 is 1.87. The van der Waals surface area contributed by atoms with E-state index in [0.717, 1.165) is 32.5 Å². The van der Waals surface area contributed by atoms with Gasteiger partial charge in [-0.15, -0.1) is 11.3 Å². The normalized spacial score (nSPS) is 11.0. The number of rotatable bonds is 9. The predicted molar refractivity (Wildman–Crippen MR) is 73.7 cm³/mol. The Bertz CT molecular complexity index is 312. The summed E-state index contributed by atoms with van der Waals surface area (Å²) in [4.78, 5) is 6.14. The molecule has 0 aliphatic carbocycles. The van der Waals surface area contributed by atoms with Crippen LogP contribution in [0.4, 0.5) is 0 Å². The summed E-state index contributed by atoms with van der Waals surface area (Å²) in [6, 6.07) is 0. The molecule has 0 amide bonds. The van der Waals surface area contributed by atoms with E-state index in [1.165, 1.54) is 28.4 Å². The fourth-order valence-electron chi connectivity index (χ4n) is 1.70. The highest BCUT2D eigenvalue weighted by molar-refractivity contribution is 7.11. The highest BCUT2D eigenvalue weighted by atomic mass is 32.1. The van der Waals surface area contributed by atoms with Crippen molar-refractivity contribution in [3.8, 4) is 0 Å². The molecule has 4 heteroatoms. The largest absolute Gasteiger partial charge is 0.383 e. The molecule has 0 atom stereocenters. The van der Waals surface area contributed by atoms with Crippen LogP contribution in [0.25, 0.3) is 0 Å². The molecule has 0 bridgehead atoms. The van der Waals surface area contributed by atoms with Gasteiger partial charge < -0.3 is 10.1 Å². The molecule has 0 radical (unpaired) electrons. The molecule has 0 fully saturated rings. The predicted octanol–water partition coefficient (Wildman–Crippen LogP) is 2.78. The van der Waals surface area contributed by atoms with Crippen molar-refractivity contribution in [2.75, 3.05) is 20.3 Å². The molecule has 0 aliphatic heterocycles. The van der Waals surface area contributed by atoms with Gasteiger partial charge in [0, 0.05) is 25.1 Å². The Morgan fingerprint density at radius 3 is 2.65 bits per heavy atom. The summed E-state index contributed by atoms with van der Waals surface area (Å²) < 4.78 is 5.03. The highest BCUT2D eigenvalue weighted by Crippen LogP contribution is 2.21. The number of hydrogen-bond donors (Lipinski definition) is 1. The zero-order valence-corrected chi connectivity index (χ0v) is 12.0. The summed E-state index contributed by atoms with van der Waals surface area (Å²) in [7, 11) is 1.73. The van der Waals surface area contributed by atoms with Gasteiger partial charge in [0.25, 0.3) is 0 Å². The average molecular weight is 256 g/mol. The topological polar surface area (TPSA) is 34.2 Å². The van der Waals surface area contributed by atoms with Crippen LogP contribution in [-0.2, 0) is 24.1 Å². The zero-order valence-electron chi connectivity index (χ0n) is 11.2. The average Bonchev–Trinajstić information content (AvgIpc) is 2.68. The fourth-order valence-corrected chi connectivity index (χ4v) is 2.89. The van der Waals surface area contributed by atoms with E-state index < -0.39 is 0 Å². The van der Waals surface area contributed by atoms with Gasteiger partial charge in [0.1, 0.15) is 0 Å². The van der Waals surface area contributed by atoms with Crippen molar-refractivity contribution in [3.05, 3.63) is 15.6 Å². The second-order valence-electron chi connectivity index (χ2n) is 4.15. The van der Waals surface area contributed by atoms with E-state index in [-0.39, 0.29) is 0 Å². The van der Waals surface area contributed by atoms with Crippen molar-refractivity contribution in [2.45, 2.75) is 46.1 Å². The van der Waals surface area contributed by atoms with Gasteiger partial charge in [0.15, 0.2) is 0 Å². The van der Waals surface area contributed by atoms with Gasteiger partial charge in [0.05, 0.1) is 17.3 Å². The Hall–Kier alpha value is -0.450. The molecular formula is C13H24N2OS. The highest BCUT2D eigenvalue weighted by Gasteiger charge is 2.09. The van der Waals surface area contributed by atoms with E-state index in [4.69, 9.17) is 9.72 Å².